The molecule has 0 unspecified atom stereocenters. The van der Waals surface area contributed by atoms with Gasteiger partial charge in [-0.2, -0.15) is 5.10 Å². The number of halogens is 1. The molecule has 0 radical (unpaired) electrons. The Balaban J connectivity index is 1.71. The van der Waals surface area contributed by atoms with E-state index in [2.05, 4.69) is 25.7 Å². The fourth-order valence-electron chi connectivity index (χ4n) is 3.27. The maximum absolute atomic E-state index is 11.9. The van der Waals surface area contributed by atoms with Gasteiger partial charge >= 0.3 is 0 Å². The van der Waals surface area contributed by atoms with Gasteiger partial charge in [-0.1, -0.05) is 11.6 Å². The largest absolute Gasteiger partial charge is 0.494 e. The lowest BCUT2D eigenvalue weighted by molar-refractivity contribution is 0.0956. The lowest BCUT2D eigenvalue weighted by Gasteiger charge is -2.13. The van der Waals surface area contributed by atoms with Crippen LogP contribution in [0.1, 0.15) is 17.3 Å². The number of benzene rings is 2. The molecule has 4 aromatic rings. The first kappa shape index (κ1) is 20.6. The summed E-state index contributed by atoms with van der Waals surface area (Å²) in [5.74, 6) is 0.860. The van der Waals surface area contributed by atoms with Crippen molar-refractivity contribution < 1.29 is 9.53 Å². The summed E-state index contributed by atoms with van der Waals surface area (Å²) in [6, 6.07) is 8.91. The van der Waals surface area contributed by atoms with E-state index in [1.54, 1.807) is 48.5 Å². The normalized spacial score (nSPS) is 10.8. The number of nitrogens with one attached hydrogen (secondary N) is 2. The number of fused-ring (bicyclic) bond motifs is 1. The molecule has 1 amide bonds. The Labute approximate surface area is 184 Å². The molecule has 0 aliphatic rings. The zero-order chi connectivity index (χ0) is 22.0. The van der Waals surface area contributed by atoms with Gasteiger partial charge in [0.1, 0.15) is 5.52 Å². The van der Waals surface area contributed by atoms with E-state index < -0.39 is 0 Å². The third kappa shape index (κ3) is 4.15. The molecule has 31 heavy (non-hydrogen) atoms. The number of anilines is 2. The third-order valence-electron chi connectivity index (χ3n) is 4.74. The highest BCUT2D eigenvalue weighted by atomic mass is 35.5. The van der Waals surface area contributed by atoms with Gasteiger partial charge in [0.2, 0.25) is 5.95 Å². The van der Waals surface area contributed by atoms with Crippen LogP contribution in [0.15, 0.2) is 48.9 Å². The van der Waals surface area contributed by atoms with E-state index in [1.807, 2.05) is 26.2 Å². The van der Waals surface area contributed by atoms with Crippen molar-refractivity contribution >= 4 is 40.0 Å². The molecule has 158 valence electrons. The highest BCUT2D eigenvalue weighted by Gasteiger charge is 2.17. The van der Waals surface area contributed by atoms with Crippen molar-refractivity contribution in [2.75, 3.05) is 19.0 Å². The van der Waals surface area contributed by atoms with Gasteiger partial charge in [-0.15, -0.1) is 0 Å². The molecule has 4 rings (SSSR count). The molecular formula is C22H21ClN6O2. The molecule has 0 atom stereocenters. The topological polar surface area (TPSA) is 94.0 Å². The standard InChI is InChI=1S/C22H21ClN6O2/c1-4-24-21(30)13-5-7-15(8-6-13)27-22-25-11-17-18(23)9-16(14-10-26-29(2)12-14)20(31-3)19(17)28-22/h5-12H,4H2,1-3H3,(H,24,30)(H,25,27,28). The maximum atomic E-state index is 11.9. The second kappa shape index (κ2) is 8.61. The number of amides is 1. The van der Waals surface area contributed by atoms with E-state index >= 15 is 0 Å². The van der Waals surface area contributed by atoms with Crippen LogP contribution in [0.3, 0.4) is 0 Å². The van der Waals surface area contributed by atoms with Gasteiger partial charge in [0.15, 0.2) is 5.75 Å². The molecule has 0 spiro atoms. The van der Waals surface area contributed by atoms with Crippen molar-refractivity contribution in [3.8, 4) is 16.9 Å². The molecule has 2 N–H and O–H groups in total. The maximum Gasteiger partial charge on any atom is 0.251 e. The molecule has 0 aliphatic carbocycles. The summed E-state index contributed by atoms with van der Waals surface area (Å²) in [6.45, 7) is 2.46. The van der Waals surface area contributed by atoms with Crippen LogP contribution in [0.2, 0.25) is 5.02 Å². The van der Waals surface area contributed by atoms with Gasteiger partial charge in [-0.25, -0.2) is 9.97 Å². The molecule has 0 fully saturated rings. The van der Waals surface area contributed by atoms with Crippen LogP contribution in [-0.2, 0) is 7.05 Å². The lowest BCUT2D eigenvalue weighted by Crippen LogP contribution is -2.22. The Kier molecular flexibility index (Phi) is 5.73. The Morgan fingerprint density at radius 1 is 1.23 bits per heavy atom. The van der Waals surface area contributed by atoms with Gasteiger partial charge in [-0.05, 0) is 37.3 Å². The second-order valence-corrected chi connectivity index (χ2v) is 7.27. The minimum absolute atomic E-state index is 0.113. The second-order valence-electron chi connectivity index (χ2n) is 6.86. The predicted molar refractivity (Wildman–Crippen MR) is 121 cm³/mol. The summed E-state index contributed by atoms with van der Waals surface area (Å²) in [7, 11) is 3.44. The van der Waals surface area contributed by atoms with E-state index in [4.69, 9.17) is 16.3 Å². The van der Waals surface area contributed by atoms with E-state index in [9.17, 15) is 4.79 Å². The van der Waals surface area contributed by atoms with E-state index in [1.165, 1.54) is 0 Å². The molecule has 0 aliphatic heterocycles. The number of nitrogens with zero attached hydrogens (tertiary/aromatic N) is 4. The van der Waals surface area contributed by atoms with Crippen LogP contribution in [0.5, 0.6) is 5.75 Å². The van der Waals surface area contributed by atoms with Crippen LogP contribution < -0.4 is 15.4 Å². The van der Waals surface area contributed by atoms with Gasteiger partial charge in [-0.3, -0.25) is 9.48 Å². The van der Waals surface area contributed by atoms with E-state index in [0.717, 1.165) is 16.8 Å². The molecular weight excluding hydrogens is 416 g/mol. The van der Waals surface area contributed by atoms with Crippen molar-refractivity contribution in [2.45, 2.75) is 6.92 Å². The monoisotopic (exact) mass is 436 g/mol. The molecule has 2 heterocycles. The zero-order valence-electron chi connectivity index (χ0n) is 17.3. The highest BCUT2D eigenvalue weighted by Crippen LogP contribution is 2.39. The molecule has 9 heteroatoms. The SMILES string of the molecule is CCNC(=O)c1ccc(Nc2ncc3c(Cl)cc(-c4cnn(C)c4)c(OC)c3n2)cc1. The Hall–Kier alpha value is -3.65. The van der Waals surface area contributed by atoms with Crippen molar-refractivity contribution in [1.29, 1.82) is 0 Å². The molecule has 2 aromatic heterocycles. The first-order chi connectivity index (χ1) is 15.0. The van der Waals surface area contributed by atoms with Crippen molar-refractivity contribution in [2.24, 2.45) is 7.05 Å². The van der Waals surface area contributed by atoms with Crippen LogP contribution in [-0.4, -0.2) is 39.3 Å². The lowest BCUT2D eigenvalue weighted by atomic mass is 10.1. The summed E-state index contributed by atoms with van der Waals surface area (Å²) < 4.78 is 7.40. The zero-order valence-corrected chi connectivity index (χ0v) is 18.1. The van der Waals surface area contributed by atoms with E-state index in [-0.39, 0.29) is 5.91 Å². The van der Waals surface area contributed by atoms with Crippen LogP contribution in [0, 0.1) is 0 Å². The number of carbonyl (C=O) groups excluding carboxylic acids is 1. The minimum atomic E-state index is -0.113. The van der Waals surface area contributed by atoms with Crippen molar-refractivity contribution in [3.05, 3.63) is 59.5 Å². The smallest absolute Gasteiger partial charge is 0.251 e. The summed E-state index contributed by atoms with van der Waals surface area (Å²) in [5, 5.41) is 11.4. The molecule has 0 bridgehead atoms. The predicted octanol–water partition coefficient (Wildman–Crippen LogP) is 4.19. The summed E-state index contributed by atoms with van der Waals surface area (Å²) >= 11 is 6.51. The molecule has 2 aromatic carbocycles. The van der Waals surface area contributed by atoms with Gasteiger partial charge in [0.25, 0.3) is 5.91 Å². The van der Waals surface area contributed by atoms with Crippen LogP contribution >= 0.6 is 11.6 Å². The highest BCUT2D eigenvalue weighted by molar-refractivity contribution is 6.36. The number of aromatic nitrogens is 4. The molecule has 0 saturated heterocycles. The number of methoxy groups -OCH3 is 1. The summed E-state index contributed by atoms with van der Waals surface area (Å²) in [4.78, 5) is 20.9. The van der Waals surface area contributed by atoms with Gasteiger partial charge < -0.3 is 15.4 Å². The molecule has 0 saturated carbocycles. The summed E-state index contributed by atoms with van der Waals surface area (Å²) in [5.41, 5.74) is 3.59. The fraction of sp³-hybridized carbons (Fsp3) is 0.182. The number of hydrogen-bond acceptors (Lipinski definition) is 6. The molecule has 8 nitrogen and oxygen atoms in total. The quantitative estimate of drug-likeness (QED) is 0.470. The average Bonchev–Trinajstić information content (AvgIpc) is 3.20. The van der Waals surface area contributed by atoms with Gasteiger partial charge in [0, 0.05) is 53.8 Å². The van der Waals surface area contributed by atoms with Gasteiger partial charge in [0.05, 0.1) is 18.3 Å². The van der Waals surface area contributed by atoms with Crippen LogP contribution in [0.4, 0.5) is 11.6 Å². The number of aryl methyl sites for hydroxylation is 1. The fourth-order valence-corrected chi connectivity index (χ4v) is 3.51. The Morgan fingerprint density at radius 3 is 2.65 bits per heavy atom. The first-order valence-electron chi connectivity index (χ1n) is 9.67. The minimum Gasteiger partial charge on any atom is -0.494 e. The Bertz CT molecular complexity index is 1250. The number of rotatable bonds is 6. The number of carbonyl (C=O) groups is 1. The number of hydrogen-bond donors (Lipinski definition) is 2. The summed E-state index contributed by atoms with van der Waals surface area (Å²) in [6.07, 6.45) is 5.29. The van der Waals surface area contributed by atoms with Crippen molar-refractivity contribution in [1.82, 2.24) is 25.1 Å². The van der Waals surface area contributed by atoms with E-state index in [0.29, 0.717) is 39.7 Å². The first-order valence-corrected chi connectivity index (χ1v) is 10.1. The number of ether oxygens (including phenoxy) is 1. The third-order valence-corrected chi connectivity index (χ3v) is 5.05. The van der Waals surface area contributed by atoms with Crippen LogP contribution in [0.25, 0.3) is 22.0 Å². The average molecular weight is 437 g/mol. The van der Waals surface area contributed by atoms with Crippen molar-refractivity contribution in [3.63, 3.8) is 0 Å². The Morgan fingerprint density at radius 2 is 2.00 bits per heavy atom.